The van der Waals surface area contributed by atoms with Gasteiger partial charge in [-0.1, -0.05) is 83.5 Å². The molecule has 0 atom stereocenters. The van der Waals surface area contributed by atoms with Gasteiger partial charge in [0.25, 0.3) is 0 Å². The third kappa shape index (κ3) is 4.88. The molecule has 0 unspecified atom stereocenters. The Morgan fingerprint density at radius 1 is 0.800 bits per heavy atom. The molecule has 192 valence electrons. The SMILES string of the molecule is CCC(O)(CC)CCc1ccc(C(CC)(CC)c2ccc(B3OC(C)(C)C3(C)C)c(C)c2)cc1C. The van der Waals surface area contributed by atoms with Crippen LogP contribution in [0.2, 0.25) is 5.31 Å². The number of aryl methyl sites for hydroxylation is 3. The highest BCUT2D eigenvalue weighted by atomic mass is 16.5. The Kier molecular flexibility index (Phi) is 8.05. The van der Waals surface area contributed by atoms with Crippen molar-refractivity contribution in [1.29, 1.82) is 0 Å². The summed E-state index contributed by atoms with van der Waals surface area (Å²) in [6, 6.07) is 14.2. The van der Waals surface area contributed by atoms with E-state index >= 15 is 0 Å². The molecule has 2 nitrogen and oxygen atoms in total. The highest BCUT2D eigenvalue weighted by Gasteiger charge is 2.59. The van der Waals surface area contributed by atoms with Crippen LogP contribution in [0.3, 0.4) is 0 Å². The minimum absolute atomic E-state index is 0.00455. The summed E-state index contributed by atoms with van der Waals surface area (Å²) in [4.78, 5) is 0. The summed E-state index contributed by atoms with van der Waals surface area (Å²) >= 11 is 0. The van der Waals surface area contributed by atoms with Gasteiger partial charge in [-0.2, -0.15) is 0 Å². The molecule has 1 aliphatic heterocycles. The molecule has 0 radical (unpaired) electrons. The van der Waals surface area contributed by atoms with Crippen molar-refractivity contribution in [2.24, 2.45) is 0 Å². The molecule has 2 aromatic rings. The van der Waals surface area contributed by atoms with Gasteiger partial charge >= 0.3 is 6.92 Å². The maximum atomic E-state index is 10.8. The van der Waals surface area contributed by atoms with E-state index in [1.807, 2.05) is 0 Å². The fourth-order valence-electron chi connectivity index (χ4n) is 6.05. The molecule has 35 heavy (non-hydrogen) atoms. The highest BCUT2D eigenvalue weighted by molar-refractivity contribution is 6.73. The zero-order valence-corrected chi connectivity index (χ0v) is 24.1. The van der Waals surface area contributed by atoms with E-state index in [1.165, 1.54) is 33.3 Å². The Hall–Kier alpha value is -1.58. The van der Waals surface area contributed by atoms with Gasteiger partial charge in [-0.3, -0.25) is 0 Å². The third-order valence-electron chi connectivity index (χ3n) is 10.0. The van der Waals surface area contributed by atoms with Crippen molar-refractivity contribution in [3.63, 3.8) is 0 Å². The Labute approximate surface area is 216 Å². The average molecular weight is 477 g/mol. The molecule has 1 N–H and O–H groups in total. The lowest BCUT2D eigenvalue weighted by Gasteiger charge is -2.57. The zero-order valence-electron chi connectivity index (χ0n) is 24.1. The van der Waals surface area contributed by atoms with Gasteiger partial charge in [0.05, 0.1) is 5.60 Å². The first kappa shape index (κ1) is 28.0. The summed E-state index contributed by atoms with van der Waals surface area (Å²) in [5.41, 5.74) is 7.50. The first-order valence-electron chi connectivity index (χ1n) is 13.9. The molecule has 0 spiro atoms. The monoisotopic (exact) mass is 476 g/mol. The summed E-state index contributed by atoms with van der Waals surface area (Å²) in [5, 5.41) is 10.9. The minimum Gasteiger partial charge on any atom is -0.425 e. The second kappa shape index (κ2) is 10.1. The van der Waals surface area contributed by atoms with Crippen molar-refractivity contribution in [2.75, 3.05) is 0 Å². The molecule has 0 aromatic heterocycles. The molecule has 0 bridgehead atoms. The van der Waals surface area contributed by atoms with Crippen molar-refractivity contribution >= 4 is 12.4 Å². The number of rotatable bonds is 10. The first-order chi connectivity index (χ1) is 16.3. The summed E-state index contributed by atoms with van der Waals surface area (Å²) < 4.78 is 6.35. The Bertz CT molecular complexity index is 1030. The van der Waals surface area contributed by atoms with Crippen LogP contribution in [0, 0.1) is 13.8 Å². The van der Waals surface area contributed by atoms with Crippen LogP contribution >= 0.6 is 0 Å². The summed E-state index contributed by atoms with van der Waals surface area (Å²) in [6.07, 6.45) is 5.49. The first-order valence-corrected chi connectivity index (χ1v) is 13.9. The molecule has 0 aliphatic carbocycles. The van der Waals surface area contributed by atoms with Crippen LogP contribution in [0.5, 0.6) is 0 Å². The van der Waals surface area contributed by atoms with Crippen LogP contribution in [0.25, 0.3) is 0 Å². The minimum atomic E-state index is -0.547. The van der Waals surface area contributed by atoms with Crippen molar-refractivity contribution in [3.05, 3.63) is 64.2 Å². The van der Waals surface area contributed by atoms with E-state index in [2.05, 4.69) is 106 Å². The van der Waals surface area contributed by atoms with E-state index in [0.29, 0.717) is 0 Å². The molecule has 1 fully saturated rings. The molecular formula is C32H49BO2. The van der Waals surface area contributed by atoms with Crippen molar-refractivity contribution in [3.8, 4) is 0 Å². The Morgan fingerprint density at radius 2 is 1.34 bits per heavy atom. The molecule has 1 saturated heterocycles. The average Bonchev–Trinajstić information content (AvgIpc) is 2.83. The van der Waals surface area contributed by atoms with Gasteiger partial charge in [0, 0.05) is 16.3 Å². The topological polar surface area (TPSA) is 29.5 Å². The molecule has 1 heterocycles. The fourth-order valence-corrected chi connectivity index (χ4v) is 6.05. The van der Waals surface area contributed by atoms with Gasteiger partial charge in [-0.05, 0) is 93.9 Å². The standard InChI is InChI=1S/C32H49BO2/c1-11-31(34,12-2)20-19-25-15-16-26(21-23(25)5)32(13-3,14-4)27-17-18-28(24(6)22-27)33-29(7,8)30(9,10)35-33/h15-18,21-22,34H,11-14,19-20H2,1-10H3. The van der Waals surface area contributed by atoms with E-state index in [-0.39, 0.29) is 23.2 Å². The highest BCUT2D eigenvalue weighted by Crippen LogP contribution is 2.53. The van der Waals surface area contributed by atoms with Gasteiger partial charge in [-0.25, -0.2) is 0 Å². The largest absolute Gasteiger partial charge is 0.425 e. The quantitative estimate of drug-likeness (QED) is 0.356. The fraction of sp³-hybridized carbons (Fsp3) is 0.625. The summed E-state index contributed by atoms with van der Waals surface area (Å²) in [5.74, 6) is 0. The molecule has 3 rings (SSSR count). The van der Waals surface area contributed by atoms with E-state index in [0.717, 1.165) is 38.5 Å². The molecule has 1 aliphatic rings. The van der Waals surface area contributed by atoms with E-state index < -0.39 is 5.60 Å². The van der Waals surface area contributed by atoms with Gasteiger partial charge in [0.2, 0.25) is 0 Å². The number of benzene rings is 2. The number of aliphatic hydroxyl groups is 1. The lowest BCUT2D eigenvalue weighted by atomic mass is 9.32. The summed E-state index contributed by atoms with van der Waals surface area (Å²) in [6.45, 7) is 22.5. The van der Waals surface area contributed by atoms with Gasteiger partial charge < -0.3 is 9.76 Å². The van der Waals surface area contributed by atoms with E-state index in [1.54, 1.807) is 0 Å². The lowest BCUT2D eigenvalue weighted by molar-refractivity contribution is -0.00944. The smallest absolute Gasteiger partial charge is 0.336 e. The normalized spacial score (nSPS) is 17.4. The zero-order chi connectivity index (χ0) is 26.2. The van der Waals surface area contributed by atoms with Crippen LogP contribution < -0.4 is 5.46 Å². The Morgan fingerprint density at radius 3 is 1.77 bits per heavy atom. The second-order valence-corrected chi connectivity index (χ2v) is 12.2. The third-order valence-corrected chi connectivity index (χ3v) is 10.0. The number of hydrogen-bond donors (Lipinski definition) is 1. The van der Waals surface area contributed by atoms with Crippen LogP contribution in [0.4, 0.5) is 0 Å². The predicted molar refractivity (Wildman–Crippen MR) is 152 cm³/mol. The van der Waals surface area contributed by atoms with Crippen LogP contribution in [-0.2, 0) is 16.5 Å². The molecule has 3 heteroatoms. The molecule has 2 aromatic carbocycles. The molecule has 0 saturated carbocycles. The lowest BCUT2D eigenvalue weighted by Crippen LogP contribution is -2.66. The van der Waals surface area contributed by atoms with Gasteiger partial charge in [-0.15, -0.1) is 0 Å². The number of hydrogen-bond acceptors (Lipinski definition) is 2. The second-order valence-electron chi connectivity index (χ2n) is 12.2. The predicted octanol–water partition coefficient (Wildman–Crippen LogP) is 7.68. The van der Waals surface area contributed by atoms with Crippen molar-refractivity contribution < 1.29 is 9.76 Å². The summed E-state index contributed by atoms with van der Waals surface area (Å²) in [7, 11) is 0. The molecular weight excluding hydrogens is 427 g/mol. The van der Waals surface area contributed by atoms with Gasteiger partial charge in [0.1, 0.15) is 0 Å². The maximum absolute atomic E-state index is 10.8. The van der Waals surface area contributed by atoms with Crippen molar-refractivity contribution in [1.82, 2.24) is 0 Å². The Balaban J connectivity index is 1.92. The van der Waals surface area contributed by atoms with Gasteiger partial charge in [0.15, 0.2) is 0 Å². The molecule has 0 amide bonds. The van der Waals surface area contributed by atoms with Crippen molar-refractivity contribution in [2.45, 2.75) is 130 Å². The van der Waals surface area contributed by atoms with E-state index in [4.69, 9.17) is 4.65 Å². The van der Waals surface area contributed by atoms with Crippen LogP contribution in [-0.4, -0.2) is 23.2 Å². The van der Waals surface area contributed by atoms with Crippen LogP contribution in [0.15, 0.2) is 36.4 Å². The van der Waals surface area contributed by atoms with Crippen LogP contribution in [0.1, 0.15) is 115 Å². The van der Waals surface area contributed by atoms with E-state index in [9.17, 15) is 5.11 Å². The maximum Gasteiger partial charge on any atom is 0.336 e.